The SMILES string of the molecule is C=C[C@@H]1CC(S(=O)(=O)c2ccccc2)(S(=O)(=O)c2ccccc2)C[C@H]1CO. The van der Waals surface area contributed by atoms with E-state index >= 15 is 0 Å². The fourth-order valence-electron chi connectivity index (χ4n) is 3.85. The maximum Gasteiger partial charge on any atom is 0.198 e. The molecule has 1 fully saturated rings. The van der Waals surface area contributed by atoms with Crippen LogP contribution in [0.1, 0.15) is 12.8 Å². The molecule has 5 nitrogen and oxygen atoms in total. The first kappa shape index (κ1) is 19.8. The molecule has 0 heterocycles. The minimum Gasteiger partial charge on any atom is -0.396 e. The number of allylic oxidation sites excluding steroid dienone is 1. The highest BCUT2D eigenvalue weighted by Crippen LogP contribution is 2.52. The Hall–Kier alpha value is -1.96. The fraction of sp³-hybridized carbons (Fsp3) is 0.300. The topological polar surface area (TPSA) is 88.5 Å². The Balaban J connectivity index is 2.28. The van der Waals surface area contributed by atoms with Crippen LogP contribution in [0.3, 0.4) is 0 Å². The van der Waals surface area contributed by atoms with Crippen LogP contribution in [0.25, 0.3) is 0 Å². The van der Waals surface area contributed by atoms with Gasteiger partial charge in [0.1, 0.15) is 0 Å². The zero-order valence-corrected chi connectivity index (χ0v) is 16.4. The Kier molecular flexibility index (Phi) is 5.29. The van der Waals surface area contributed by atoms with Crippen molar-refractivity contribution in [2.75, 3.05) is 6.61 Å². The number of aliphatic hydroxyl groups excluding tert-OH is 1. The van der Waals surface area contributed by atoms with Crippen molar-refractivity contribution >= 4 is 19.7 Å². The summed E-state index contributed by atoms with van der Waals surface area (Å²) in [5, 5.41) is 9.73. The van der Waals surface area contributed by atoms with Gasteiger partial charge in [-0.15, -0.1) is 6.58 Å². The van der Waals surface area contributed by atoms with Crippen LogP contribution in [-0.2, 0) is 19.7 Å². The average molecular weight is 407 g/mol. The van der Waals surface area contributed by atoms with E-state index in [1.807, 2.05) is 0 Å². The second kappa shape index (κ2) is 7.22. The van der Waals surface area contributed by atoms with E-state index in [9.17, 15) is 21.9 Å². The summed E-state index contributed by atoms with van der Waals surface area (Å²) in [6, 6.07) is 15.3. The van der Waals surface area contributed by atoms with Gasteiger partial charge in [0.15, 0.2) is 23.8 Å². The van der Waals surface area contributed by atoms with E-state index in [1.165, 1.54) is 24.3 Å². The highest BCUT2D eigenvalue weighted by molar-refractivity contribution is 8.10. The number of rotatable bonds is 6. The predicted octanol–water partition coefficient (Wildman–Crippen LogP) is 2.84. The highest BCUT2D eigenvalue weighted by atomic mass is 32.3. The lowest BCUT2D eigenvalue weighted by molar-refractivity contribution is 0.210. The summed E-state index contributed by atoms with van der Waals surface area (Å²) in [7, 11) is -8.48. The van der Waals surface area contributed by atoms with Crippen molar-refractivity contribution in [2.45, 2.75) is 26.7 Å². The van der Waals surface area contributed by atoms with Crippen molar-refractivity contribution in [1.29, 1.82) is 0 Å². The van der Waals surface area contributed by atoms with Crippen molar-refractivity contribution in [3.63, 3.8) is 0 Å². The lowest BCUT2D eigenvalue weighted by Gasteiger charge is -2.29. The Morgan fingerprint density at radius 2 is 1.33 bits per heavy atom. The smallest absolute Gasteiger partial charge is 0.198 e. The molecular weight excluding hydrogens is 384 g/mol. The second-order valence-electron chi connectivity index (χ2n) is 6.79. The van der Waals surface area contributed by atoms with Gasteiger partial charge in [0, 0.05) is 6.61 Å². The number of benzene rings is 2. The Bertz CT molecular complexity index is 943. The molecule has 2 atom stereocenters. The van der Waals surface area contributed by atoms with Crippen LogP contribution in [0.2, 0.25) is 0 Å². The summed E-state index contributed by atoms with van der Waals surface area (Å²) in [5.41, 5.74) is 0. The van der Waals surface area contributed by atoms with Crippen LogP contribution in [0.4, 0.5) is 0 Å². The zero-order valence-electron chi connectivity index (χ0n) is 14.7. The standard InChI is InChI=1S/C20H22O5S2/c1-2-16-13-20(14-17(16)15-21,26(22,23)18-9-5-3-6-10-18)27(24,25)19-11-7-4-8-12-19/h2-12,16-17,21H,1,13-15H2/t16-,17+/m1/s1. The molecule has 0 radical (unpaired) electrons. The van der Waals surface area contributed by atoms with E-state index in [0.717, 1.165) is 0 Å². The fourth-order valence-corrected chi connectivity index (χ4v) is 9.16. The van der Waals surface area contributed by atoms with Crippen molar-refractivity contribution in [2.24, 2.45) is 11.8 Å². The van der Waals surface area contributed by atoms with E-state index in [0.29, 0.717) is 0 Å². The Morgan fingerprint density at radius 1 is 0.889 bits per heavy atom. The molecule has 1 N–H and O–H groups in total. The number of hydrogen-bond acceptors (Lipinski definition) is 5. The lowest BCUT2D eigenvalue weighted by Crippen LogP contribution is -2.44. The van der Waals surface area contributed by atoms with E-state index < -0.39 is 35.6 Å². The molecule has 0 aliphatic heterocycles. The molecule has 3 rings (SSSR count). The van der Waals surface area contributed by atoms with E-state index in [2.05, 4.69) is 6.58 Å². The molecule has 27 heavy (non-hydrogen) atoms. The molecule has 0 aromatic heterocycles. The Morgan fingerprint density at radius 3 is 1.67 bits per heavy atom. The molecule has 2 aromatic rings. The first-order chi connectivity index (χ1) is 12.8. The quantitative estimate of drug-likeness (QED) is 0.745. The molecule has 0 unspecified atom stereocenters. The van der Waals surface area contributed by atoms with Crippen molar-refractivity contribution in [3.8, 4) is 0 Å². The second-order valence-corrected chi connectivity index (χ2v) is 11.6. The predicted molar refractivity (Wildman–Crippen MR) is 103 cm³/mol. The summed E-state index contributed by atoms with van der Waals surface area (Å²) >= 11 is 0. The number of hydrogen-bond donors (Lipinski definition) is 1. The van der Waals surface area contributed by atoms with Gasteiger partial charge < -0.3 is 5.11 Å². The van der Waals surface area contributed by atoms with Crippen LogP contribution >= 0.6 is 0 Å². The van der Waals surface area contributed by atoms with Gasteiger partial charge in [-0.3, -0.25) is 0 Å². The summed E-state index contributed by atoms with van der Waals surface area (Å²) in [4.78, 5) is -0.0724. The molecule has 7 heteroatoms. The van der Waals surface area contributed by atoms with Crippen LogP contribution in [0, 0.1) is 11.8 Å². The third kappa shape index (κ3) is 3.03. The van der Waals surface area contributed by atoms with Gasteiger partial charge in [-0.05, 0) is 48.9 Å². The zero-order chi connectivity index (χ0) is 19.7. The third-order valence-corrected chi connectivity index (χ3v) is 11.1. The van der Waals surface area contributed by atoms with Gasteiger partial charge in [-0.1, -0.05) is 42.5 Å². The summed E-state index contributed by atoms with van der Waals surface area (Å²) in [5.74, 6) is -0.897. The van der Waals surface area contributed by atoms with Crippen LogP contribution < -0.4 is 0 Å². The van der Waals surface area contributed by atoms with Gasteiger partial charge in [0.25, 0.3) is 0 Å². The highest BCUT2D eigenvalue weighted by Gasteiger charge is 2.61. The maximum atomic E-state index is 13.6. The summed E-state index contributed by atoms with van der Waals surface area (Å²) in [6.45, 7) is 3.42. The van der Waals surface area contributed by atoms with Gasteiger partial charge in [0.05, 0.1) is 9.79 Å². The van der Waals surface area contributed by atoms with Gasteiger partial charge in [-0.2, -0.15) is 0 Å². The van der Waals surface area contributed by atoms with Crippen LogP contribution in [0.15, 0.2) is 83.1 Å². The minimum atomic E-state index is -4.24. The average Bonchev–Trinajstić information content (AvgIpc) is 3.11. The van der Waals surface area contributed by atoms with Crippen LogP contribution in [-0.4, -0.2) is 32.6 Å². The molecule has 1 aliphatic rings. The first-order valence-corrected chi connectivity index (χ1v) is 11.6. The van der Waals surface area contributed by atoms with Gasteiger partial charge in [0.2, 0.25) is 0 Å². The summed E-state index contributed by atoms with van der Waals surface area (Å²) < 4.78 is 52.4. The molecule has 0 saturated heterocycles. The van der Waals surface area contributed by atoms with Crippen molar-refractivity contribution in [1.82, 2.24) is 0 Å². The van der Waals surface area contributed by atoms with E-state index in [-0.39, 0.29) is 29.2 Å². The summed E-state index contributed by atoms with van der Waals surface area (Å²) in [6.07, 6.45) is 1.24. The molecule has 0 spiro atoms. The van der Waals surface area contributed by atoms with E-state index in [1.54, 1.807) is 42.5 Å². The van der Waals surface area contributed by atoms with Crippen molar-refractivity contribution in [3.05, 3.63) is 73.3 Å². The first-order valence-electron chi connectivity index (χ1n) is 8.63. The molecule has 1 aliphatic carbocycles. The molecule has 144 valence electrons. The third-order valence-electron chi connectivity index (χ3n) is 5.35. The largest absolute Gasteiger partial charge is 0.396 e. The molecular formula is C20H22O5S2. The normalized spacial score (nSPS) is 22.4. The number of sulfone groups is 2. The van der Waals surface area contributed by atoms with Crippen LogP contribution in [0.5, 0.6) is 0 Å². The molecule has 0 amide bonds. The molecule has 0 bridgehead atoms. The monoisotopic (exact) mass is 406 g/mol. The molecule has 2 aromatic carbocycles. The minimum absolute atomic E-state index is 0.0362. The number of aliphatic hydroxyl groups is 1. The van der Waals surface area contributed by atoms with Gasteiger partial charge >= 0.3 is 0 Å². The Labute approximate surface area is 160 Å². The molecule has 1 saturated carbocycles. The maximum absolute atomic E-state index is 13.6. The van der Waals surface area contributed by atoms with Crippen molar-refractivity contribution < 1.29 is 21.9 Å². The lowest BCUT2D eigenvalue weighted by atomic mass is 9.97. The van der Waals surface area contributed by atoms with E-state index in [4.69, 9.17) is 0 Å². The van der Waals surface area contributed by atoms with Gasteiger partial charge in [-0.25, -0.2) is 16.8 Å².